The Kier molecular flexibility index (Phi) is 3.53. The van der Waals surface area contributed by atoms with Crippen molar-refractivity contribution in [2.45, 2.75) is 40.2 Å². The molecule has 0 bridgehead atoms. The maximum absolute atomic E-state index is 12.2. The predicted molar refractivity (Wildman–Crippen MR) is 85.1 cm³/mol. The molecule has 1 aromatic carbocycles. The molecule has 0 radical (unpaired) electrons. The molecular formula is C17H21N3O. The molecule has 0 unspecified atom stereocenters. The first-order valence-corrected chi connectivity index (χ1v) is 7.46. The second-order valence-electron chi connectivity index (χ2n) is 5.91. The van der Waals surface area contributed by atoms with Crippen molar-refractivity contribution < 1.29 is 0 Å². The molecule has 21 heavy (non-hydrogen) atoms. The van der Waals surface area contributed by atoms with Crippen molar-refractivity contribution in [2.24, 2.45) is 0 Å². The van der Waals surface area contributed by atoms with Crippen LogP contribution in [0.5, 0.6) is 0 Å². The average Bonchev–Trinajstić information content (AvgIpc) is 2.43. The summed E-state index contributed by atoms with van der Waals surface area (Å²) in [5.41, 5.74) is 6.75. The number of rotatable bonds is 2. The molecule has 0 atom stereocenters. The summed E-state index contributed by atoms with van der Waals surface area (Å²) >= 11 is 0. The number of aryl methyl sites for hydroxylation is 4. The molecule has 4 nitrogen and oxygen atoms in total. The zero-order valence-electron chi connectivity index (χ0n) is 12.9. The lowest BCUT2D eigenvalue weighted by molar-refractivity contribution is 0.605. The third kappa shape index (κ3) is 2.71. The highest BCUT2D eigenvalue weighted by atomic mass is 16.1. The lowest BCUT2D eigenvalue weighted by atomic mass is 10.00. The molecule has 0 amide bonds. The fraction of sp³-hybridized carbons (Fsp3) is 0.412. The smallest absolute Gasteiger partial charge is 0.269 e. The molecule has 3 rings (SSSR count). The van der Waals surface area contributed by atoms with Crippen molar-refractivity contribution in [3.63, 3.8) is 0 Å². The highest BCUT2D eigenvalue weighted by Gasteiger charge is 2.14. The third-order valence-corrected chi connectivity index (χ3v) is 4.13. The van der Waals surface area contributed by atoms with Crippen LogP contribution in [-0.2, 0) is 13.0 Å². The minimum Gasteiger partial charge on any atom is -0.383 e. The Morgan fingerprint density at radius 2 is 1.90 bits per heavy atom. The van der Waals surface area contributed by atoms with Crippen LogP contribution in [-0.4, -0.2) is 16.3 Å². The van der Waals surface area contributed by atoms with E-state index in [0.29, 0.717) is 6.54 Å². The van der Waals surface area contributed by atoms with E-state index in [1.54, 1.807) is 10.7 Å². The molecule has 0 saturated carbocycles. The van der Waals surface area contributed by atoms with Crippen molar-refractivity contribution in [1.29, 1.82) is 0 Å². The molecule has 2 heterocycles. The van der Waals surface area contributed by atoms with Crippen molar-refractivity contribution in [2.75, 3.05) is 11.9 Å². The van der Waals surface area contributed by atoms with Crippen LogP contribution in [0, 0.1) is 20.8 Å². The van der Waals surface area contributed by atoms with Gasteiger partial charge in [-0.15, -0.1) is 0 Å². The zero-order valence-corrected chi connectivity index (χ0v) is 12.9. The van der Waals surface area contributed by atoms with Crippen LogP contribution in [0.25, 0.3) is 0 Å². The van der Waals surface area contributed by atoms with Gasteiger partial charge in [0.1, 0.15) is 0 Å². The molecule has 4 heteroatoms. The van der Waals surface area contributed by atoms with Gasteiger partial charge in [-0.25, -0.2) is 4.68 Å². The number of aromatic nitrogens is 2. The van der Waals surface area contributed by atoms with Gasteiger partial charge >= 0.3 is 0 Å². The Balaban J connectivity index is 2.01. The van der Waals surface area contributed by atoms with Crippen LogP contribution in [0.3, 0.4) is 0 Å². The molecule has 1 aromatic heterocycles. The summed E-state index contributed by atoms with van der Waals surface area (Å²) in [5, 5.41) is 7.80. The van der Waals surface area contributed by atoms with Crippen LogP contribution in [0.4, 0.5) is 5.69 Å². The predicted octanol–water partition coefficient (Wildman–Crippen LogP) is 2.57. The van der Waals surface area contributed by atoms with E-state index in [9.17, 15) is 4.79 Å². The van der Waals surface area contributed by atoms with Gasteiger partial charge in [-0.3, -0.25) is 4.79 Å². The lowest BCUT2D eigenvalue weighted by Gasteiger charge is -2.18. The highest BCUT2D eigenvalue weighted by molar-refractivity contribution is 5.48. The van der Waals surface area contributed by atoms with Crippen molar-refractivity contribution >= 4 is 5.69 Å². The van der Waals surface area contributed by atoms with Crippen LogP contribution in [0.15, 0.2) is 23.0 Å². The number of fused-ring (bicyclic) bond motifs is 1. The van der Waals surface area contributed by atoms with Crippen molar-refractivity contribution in [1.82, 2.24) is 9.78 Å². The Labute approximate surface area is 124 Å². The number of nitrogens with zero attached hydrogens (tertiary/aromatic N) is 2. The third-order valence-electron chi connectivity index (χ3n) is 4.13. The van der Waals surface area contributed by atoms with Crippen molar-refractivity contribution in [3.8, 4) is 0 Å². The summed E-state index contributed by atoms with van der Waals surface area (Å²) in [6.45, 7) is 7.76. The number of hydrogen-bond donors (Lipinski definition) is 1. The number of benzene rings is 1. The minimum atomic E-state index is -0.0393. The summed E-state index contributed by atoms with van der Waals surface area (Å²) in [5.74, 6) is 0. The van der Waals surface area contributed by atoms with Crippen LogP contribution >= 0.6 is 0 Å². The van der Waals surface area contributed by atoms with E-state index in [4.69, 9.17) is 0 Å². The molecular weight excluding hydrogens is 262 g/mol. The zero-order chi connectivity index (χ0) is 15.0. The first-order chi connectivity index (χ1) is 10.0. The second kappa shape index (κ2) is 5.35. The molecule has 1 aliphatic rings. The summed E-state index contributed by atoms with van der Waals surface area (Å²) in [4.78, 5) is 12.2. The quantitative estimate of drug-likeness (QED) is 0.921. The molecule has 2 aromatic rings. The molecule has 0 saturated heterocycles. The first-order valence-electron chi connectivity index (χ1n) is 7.46. The first kappa shape index (κ1) is 13.9. The van der Waals surface area contributed by atoms with E-state index >= 15 is 0 Å². The standard InChI is InChI=1S/C17H21N3O/c1-11-7-12(2)14(13(3)8-11)10-20-17(21)9-16-15(19-20)5-4-6-18-16/h7-9,18H,4-6,10H2,1-3H3. The molecule has 0 fully saturated rings. The minimum absolute atomic E-state index is 0.0393. The van der Waals surface area contributed by atoms with Crippen LogP contribution in [0.1, 0.15) is 34.4 Å². The Morgan fingerprint density at radius 1 is 1.19 bits per heavy atom. The topological polar surface area (TPSA) is 46.9 Å². The van der Waals surface area contributed by atoms with Gasteiger partial charge in [0, 0.05) is 12.6 Å². The Morgan fingerprint density at radius 3 is 2.62 bits per heavy atom. The number of anilines is 1. The Bertz CT molecular complexity index is 723. The van der Waals surface area contributed by atoms with E-state index in [1.165, 1.54) is 22.3 Å². The van der Waals surface area contributed by atoms with Gasteiger partial charge < -0.3 is 5.32 Å². The molecule has 1 N–H and O–H groups in total. The lowest BCUT2D eigenvalue weighted by Crippen LogP contribution is -2.28. The fourth-order valence-electron chi connectivity index (χ4n) is 3.07. The molecule has 0 spiro atoms. The summed E-state index contributed by atoms with van der Waals surface area (Å²) in [6, 6.07) is 6.00. The maximum Gasteiger partial charge on any atom is 0.269 e. The monoisotopic (exact) mass is 283 g/mol. The van der Waals surface area contributed by atoms with Gasteiger partial charge in [-0.1, -0.05) is 17.7 Å². The maximum atomic E-state index is 12.2. The van der Waals surface area contributed by atoms with Crippen molar-refractivity contribution in [3.05, 3.63) is 56.5 Å². The van der Waals surface area contributed by atoms with Gasteiger partial charge in [-0.2, -0.15) is 5.10 Å². The number of hydrogen-bond acceptors (Lipinski definition) is 3. The van der Waals surface area contributed by atoms with E-state index in [1.807, 2.05) is 0 Å². The summed E-state index contributed by atoms with van der Waals surface area (Å²) in [6.07, 6.45) is 2.01. The summed E-state index contributed by atoms with van der Waals surface area (Å²) < 4.78 is 1.59. The van der Waals surface area contributed by atoms with Gasteiger partial charge in [0.25, 0.3) is 5.56 Å². The largest absolute Gasteiger partial charge is 0.383 e. The average molecular weight is 283 g/mol. The van der Waals surface area contributed by atoms with E-state index < -0.39 is 0 Å². The fourth-order valence-corrected chi connectivity index (χ4v) is 3.07. The molecule has 0 aliphatic carbocycles. The van der Waals surface area contributed by atoms with Gasteiger partial charge in [0.05, 0.1) is 17.9 Å². The van der Waals surface area contributed by atoms with Crippen LogP contribution < -0.4 is 10.9 Å². The second-order valence-corrected chi connectivity index (χ2v) is 5.91. The summed E-state index contributed by atoms with van der Waals surface area (Å²) in [7, 11) is 0. The normalized spacial score (nSPS) is 13.7. The number of nitrogens with one attached hydrogen (secondary N) is 1. The Hall–Kier alpha value is -2.10. The van der Waals surface area contributed by atoms with Crippen LogP contribution in [0.2, 0.25) is 0 Å². The van der Waals surface area contributed by atoms with Gasteiger partial charge in [-0.05, 0) is 50.3 Å². The SMILES string of the molecule is Cc1cc(C)c(Cn2nc3c(cc2=O)NCCC3)c(C)c1. The molecule has 110 valence electrons. The highest BCUT2D eigenvalue weighted by Crippen LogP contribution is 2.19. The van der Waals surface area contributed by atoms with E-state index in [-0.39, 0.29) is 5.56 Å². The van der Waals surface area contributed by atoms with Gasteiger partial charge in [0.2, 0.25) is 0 Å². The van der Waals surface area contributed by atoms with E-state index in [2.05, 4.69) is 43.3 Å². The molecule has 1 aliphatic heterocycles. The van der Waals surface area contributed by atoms with Gasteiger partial charge in [0.15, 0.2) is 0 Å². The van der Waals surface area contributed by atoms with E-state index in [0.717, 1.165) is 30.8 Å².